The highest BCUT2D eigenvalue weighted by Gasteiger charge is 2.35. The maximum Gasteiger partial charge on any atom is 0.317 e. The van der Waals surface area contributed by atoms with E-state index in [0.717, 1.165) is 51.1 Å². The van der Waals surface area contributed by atoms with Crippen molar-refractivity contribution in [3.05, 3.63) is 52.8 Å². The molecule has 0 saturated carbocycles. The molecule has 1 unspecified atom stereocenters. The fourth-order valence-electron chi connectivity index (χ4n) is 4.32. The van der Waals surface area contributed by atoms with Crippen molar-refractivity contribution in [1.82, 2.24) is 20.0 Å². The molecule has 0 bridgehead atoms. The Hall–Kier alpha value is -2.38. The molecule has 1 fully saturated rings. The Labute approximate surface area is 172 Å². The molecular formula is C22H30N4O3. The number of nitrogens with zero attached hydrogens (tertiary/aromatic N) is 3. The maximum atomic E-state index is 12.9. The van der Waals surface area contributed by atoms with Crippen LogP contribution in [0.25, 0.3) is 0 Å². The molecule has 3 heterocycles. The third-order valence-electron chi connectivity index (χ3n) is 5.80. The molecule has 7 nitrogen and oxygen atoms in total. The summed E-state index contributed by atoms with van der Waals surface area (Å²) in [5, 5.41) is 8.00. The fraction of sp³-hybridized carbons (Fsp3) is 0.545. The number of rotatable bonds is 7. The van der Waals surface area contributed by atoms with Crippen LogP contribution in [0.2, 0.25) is 0 Å². The van der Waals surface area contributed by atoms with Gasteiger partial charge in [0.1, 0.15) is 0 Å². The quantitative estimate of drug-likeness (QED) is 0.779. The Kier molecular flexibility index (Phi) is 6.46. The number of fused-ring (bicyclic) bond motifs is 1. The van der Waals surface area contributed by atoms with Crippen LogP contribution in [-0.4, -0.2) is 54.1 Å². The molecule has 2 amide bonds. The van der Waals surface area contributed by atoms with Crippen molar-refractivity contribution < 1.29 is 14.3 Å². The van der Waals surface area contributed by atoms with E-state index in [9.17, 15) is 4.79 Å². The average molecular weight is 399 g/mol. The van der Waals surface area contributed by atoms with Crippen molar-refractivity contribution in [1.29, 1.82) is 0 Å². The third-order valence-corrected chi connectivity index (χ3v) is 5.80. The van der Waals surface area contributed by atoms with Crippen molar-refractivity contribution in [2.24, 2.45) is 0 Å². The van der Waals surface area contributed by atoms with Gasteiger partial charge in [-0.15, -0.1) is 0 Å². The van der Waals surface area contributed by atoms with E-state index in [1.807, 2.05) is 23.1 Å². The lowest BCUT2D eigenvalue weighted by Gasteiger charge is -2.25. The van der Waals surface area contributed by atoms with Gasteiger partial charge in [-0.05, 0) is 24.8 Å². The lowest BCUT2D eigenvalue weighted by molar-refractivity contribution is 0.106. The molecule has 1 aromatic carbocycles. The van der Waals surface area contributed by atoms with E-state index in [1.54, 1.807) is 7.11 Å². The van der Waals surface area contributed by atoms with Gasteiger partial charge in [-0.2, -0.15) is 5.10 Å². The average Bonchev–Trinajstić information content (AvgIpc) is 3.38. The van der Waals surface area contributed by atoms with Crippen LogP contribution in [0, 0.1) is 0 Å². The van der Waals surface area contributed by atoms with Gasteiger partial charge in [-0.3, -0.25) is 4.68 Å². The van der Waals surface area contributed by atoms with Gasteiger partial charge < -0.3 is 19.7 Å². The van der Waals surface area contributed by atoms with Gasteiger partial charge in [-0.1, -0.05) is 30.3 Å². The van der Waals surface area contributed by atoms with Gasteiger partial charge in [0.2, 0.25) is 0 Å². The SMILES string of the molecule is COCCn1nc(C2CCCN2C(=O)NCCc2ccccc2)c2c1CCOC2. The van der Waals surface area contributed by atoms with Crippen molar-refractivity contribution >= 4 is 6.03 Å². The Morgan fingerprint density at radius 2 is 2.21 bits per heavy atom. The molecule has 0 spiro atoms. The summed E-state index contributed by atoms with van der Waals surface area (Å²) >= 11 is 0. The first-order valence-corrected chi connectivity index (χ1v) is 10.5. The van der Waals surface area contributed by atoms with Crippen LogP contribution < -0.4 is 5.32 Å². The van der Waals surface area contributed by atoms with Crippen LogP contribution >= 0.6 is 0 Å². The number of hydrogen-bond acceptors (Lipinski definition) is 4. The van der Waals surface area contributed by atoms with Gasteiger partial charge in [-0.25, -0.2) is 4.79 Å². The minimum absolute atomic E-state index is 0.000324. The number of carbonyl (C=O) groups excluding carboxylic acids is 1. The summed E-state index contributed by atoms with van der Waals surface area (Å²) < 4.78 is 13.0. The lowest BCUT2D eigenvalue weighted by atomic mass is 10.0. The number of likely N-dealkylation sites (tertiary alicyclic amines) is 1. The van der Waals surface area contributed by atoms with Crippen LogP contribution in [0.5, 0.6) is 0 Å². The van der Waals surface area contributed by atoms with E-state index in [2.05, 4.69) is 22.1 Å². The monoisotopic (exact) mass is 398 g/mol. The highest BCUT2D eigenvalue weighted by Crippen LogP contribution is 2.35. The highest BCUT2D eigenvalue weighted by atomic mass is 16.5. The molecule has 29 heavy (non-hydrogen) atoms. The fourth-order valence-corrected chi connectivity index (χ4v) is 4.32. The van der Waals surface area contributed by atoms with E-state index < -0.39 is 0 Å². The summed E-state index contributed by atoms with van der Waals surface area (Å²) in [6, 6.07) is 10.3. The Morgan fingerprint density at radius 3 is 3.03 bits per heavy atom. The number of urea groups is 1. The molecule has 156 valence electrons. The second-order valence-corrected chi connectivity index (χ2v) is 7.65. The zero-order valence-corrected chi connectivity index (χ0v) is 17.1. The standard InChI is InChI=1S/C22H30N4O3/c1-28-15-13-26-19-10-14-29-16-18(19)21(24-26)20-8-5-12-25(20)22(27)23-11-9-17-6-3-2-4-7-17/h2-4,6-7,20H,5,8-16H2,1H3,(H,23,27). The summed E-state index contributed by atoms with van der Waals surface area (Å²) in [5.41, 5.74) is 4.64. The molecule has 1 saturated heterocycles. The molecular weight excluding hydrogens is 368 g/mol. The highest BCUT2D eigenvalue weighted by molar-refractivity contribution is 5.75. The Morgan fingerprint density at radius 1 is 1.34 bits per heavy atom. The minimum Gasteiger partial charge on any atom is -0.383 e. The minimum atomic E-state index is 0.000324. The smallest absolute Gasteiger partial charge is 0.317 e. The first-order valence-electron chi connectivity index (χ1n) is 10.5. The van der Waals surface area contributed by atoms with Crippen LogP contribution in [0.15, 0.2) is 30.3 Å². The first kappa shape index (κ1) is 19.9. The van der Waals surface area contributed by atoms with E-state index in [4.69, 9.17) is 14.6 Å². The molecule has 2 aliphatic heterocycles. The zero-order chi connectivity index (χ0) is 20.1. The predicted molar refractivity (Wildman–Crippen MR) is 110 cm³/mol. The topological polar surface area (TPSA) is 68.6 Å². The van der Waals surface area contributed by atoms with Crippen LogP contribution in [0.3, 0.4) is 0 Å². The Bertz CT molecular complexity index is 821. The molecule has 7 heteroatoms. The van der Waals surface area contributed by atoms with Gasteiger partial charge in [0.25, 0.3) is 0 Å². The molecule has 1 aromatic heterocycles. The molecule has 0 radical (unpaired) electrons. The number of methoxy groups -OCH3 is 1. The first-order chi connectivity index (χ1) is 14.3. The van der Waals surface area contributed by atoms with Crippen LogP contribution in [0.4, 0.5) is 4.79 Å². The third kappa shape index (κ3) is 4.46. The summed E-state index contributed by atoms with van der Waals surface area (Å²) in [6.45, 7) is 4.06. The normalized spacial score (nSPS) is 18.7. The summed E-state index contributed by atoms with van der Waals surface area (Å²) in [4.78, 5) is 14.8. The molecule has 2 aliphatic rings. The zero-order valence-electron chi connectivity index (χ0n) is 17.1. The van der Waals surface area contributed by atoms with Crippen molar-refractivity contribution in [3.8, 4) is 0 Å². The lowest BCUT2D eigenvalue weighted by Crippen LogP contribution is -2.40. The van der Waals surface area contributed by atoms with E-state index in [1.165, 1.54) is 16.8 Å². The van der Waals surface area contributed by atoms with E-state index in [0.29, 0.717) is 19.8 Å². The number of nitrogens with one attached hydrogen (secondary N) is 1. The summed E-state index contributed by atoms with van der Waals surface area (Å²) in [7, 11) is 1.71. The molecule has 0 aliphatic carbocycles. The van der Waals surface area contributed by atoms with Crippen LogP contribution in [0.1, 0.15) is 41.4 Å². The molecule has 1 N–H and O–H groups in total. The summed E-state index contributed by atoms with van der Waals surface area (Å²) in [5.74, 6) is 0. The largest absolute Gasteiger partial charge is 0.383 e. The van der Waals surface area contributed by atoms with Crippen LogP contribution in [-0.2, 0) is 35.5 Å². The van der Waals surface area contributed by atoms with Crippen molar-refractivity contribution in [3.63, 3.8) is 0 Å². The van der Waals surface area contributed by atoms with E-state index in [-0.39, 0.29) is 12.1 Å². The number of hydrogen-bond donors (Lipinski definition) is 1. The maximum absolute atomic E-state index is 12.9. The number of ether oxygens (including phenoxy) is 2. The van der Waals surface area contributed by atoms with Crippen molar-refractivity contribution in [2.45, 2.75) is 44.9 Å². The molecule has 2 aromatic rings. The second-order valence-electron chi connectivity index (χ2n) is 7.65. The summed E-state index contributed by atoms with van der Waals surface area (Å²) in [6.07, 6.45) is 3.64. The Balaban J connectivity index is 1.45. The molecule has 4 rings (SSSR count). The number of benzene rings is 1. The van der Waals surface area contributed by atoms with Gasteiger partial charge in [0, 0.05) is 37.9 Å². The van der Waals surface area contributed by atoms with Gasteiger partial charge in [0.05, 0.1) is 38.1 Å². The number of carbonyl (C=O) groups is 1. The predicted octanol–water partition coefficient (Wildman–Crippen LogP) is 2.69. The van der Waals surface area contributed by atoms with E-state index >= 15 is 0 Å². The molecule has 1 atom stereocenters. The van der Waals surface area contributed by atoms with Gasteiger partial charge >= 0.3 is 6.03 Å². The van der Waals surface area contributed by atoms with Crippen molar-refractivity contribution in [2.75, 3.05) is 33.4 Å². The number of amides is 2. The second kappa shape index (κ2) is 9.41. The number of aromatic nitrogens is 2. The van der Waals surface area contributed by atoms with Gasteiger partial charge in [0.15, 0.2) is 0 Å².